The Morgan fingerprint density at radius 1 is 1.07 bits per heavy atom. The maximum absolute atomic E-state index is 13.6. The molecule has 0 saturated heterocycles. The van der Waals surface area contributed by atoms with Gasteiger partial charge in [0.2, 0.25) is 0 Å². The van der Waals surface area contributed by atoms with Crippen molar-refractivity contribution in [2.75, 3.05) is 0 Å². The lowest BCUT2D eigenvalue weighted by molar-refractivity contribution is -0.138. The van der Waals surface area contributed by atoms with E-state index in [1.54, 1.807) is 26.0 Å². The predicted molar refractivity (Wildman–Crippen MR) is 111 cm³/mol. The summed E-state index contributed by atoms with van der Waals surface area (Å²) in [6, 6.07) is 11.2. The van der Waals surface area contributed by atoms with Crippen molar-refractivity contribution in [3.05, 3.63) is 77.4 Å². The Bertz CT molecular complexity index is 1100. The minimum Gasteiger partial charge on any atom is -0.507 e. The highest BCUT2D eigenvalue weighted by molar-refractivity contribution is 6.16. The third-order valence-corrected chi connectivity index (χ3v) is 6.81. The normalized spacial score (nSPS) is 27.6. The molecule has 3 nitrogen and oxygen atoms in total. The van der Waals surface area contributed by atoms with E-state index in [2.05, 4.69) is 6.58 Å². The van der Waals surface area contributed by atoms with E-state index >= 15 is 0 Å². The molecule has 3 atom stereocenters. The Morgan fingerprint density at radius 3 is 2.43 bits per heavy atom. The summed E-state index contributed by atoms with van der Waals surface area (Å²) in [5.74, 6) is -0.381. The van der Waals surface area contributed by atoms with Gasteiger partial charge in [-0.1, -0.05) is 56.0 Å². The number of carbonyl (C=O) groups is 2. The number of hydrogen-bond donors (Lipinski definition) is 1. The minimum absolute atomic E-state index is 0.0317. The zero-order chi connectivity index (χ0) is 20.2. The molecule has 4 rings (SSSR count). The second-order valence-electron chi connectivity index (χ2n) is 8.08. The molecule has 1 N–H and O–H groups in total. The molecule has 0 amide bonds. The molecule has 2 aliphatic carbocycles. The lowest BCUT2D eigenvalue weighted by Gasteiger charge is -2.48. The summed E-state index contributed by atoms with van der Waals surface area (Å²) in [6.07, 6.45) is 4.39. The van der Waals surface area contributed by atoms with Crippen LogP contribution in [-0.4, -0.2) is 16.7 Å². The number of carbonyl (C=O) groups excluding carboxylic acids is 2. The van der Waals surface area contributed by atoms with Crippen LogP contribution >= 0.6 is 0 Å². The lowest BCUT2D eigenvalue weighted by atomic mass is 9.52. The van der Waals surface area contributed by atoms with Crippen molar-refractivity contribution in [1.82, 2.24) is 0 Å². The van der Waals surface area contributed by atoms with Crippen LogP contribution in [0.3, 0.4) is 0 Å². The summed E-state index contributed by atoms with van der Waals surface area (Å²) >= 11 is 0. The smallest absolute Gasteiger partial charge is 0.166 e. The SMILES string of the molecule is C=CC1=CC[C@H]2C(=O)C(C)=C(C)C(=O)[C@@]2(C)[C@H]1c1ccc(O)c2ccccc12. The van der Waals surface area contributed by atoms with Gasteiger partial charge in [0.15, 0.2) is 11.6 Å². The van der Waals surface area contributed by atoms with E-state index in [9.17, 15) is 14.7 Å². The third kappa shape index (κ3) is 2.29. The van der Waals surface area contributed by atoms with Crippen molar-refractivity contribution in [3.63, 3.8) is 0 Å². The Hall–Kier alpha value is -2.94. The van der Waals surface area contributed by atoms with Gasteiger partial charge >= 0.3 is 0 Å². The topological polar surface area (TPSA) is 54.4 Å². The fourth-order valence-corrected chi connectivity index (χ4v) is 5.12. The average molecular weight is 372 g/mol. The van der Waals surface area contributed by atoms with Crippen LogP contribution < -0.4 is 0 Å². The number of Topliss-reactive ketones (excluding diaryl/α,β-unsaturated/α-hetero) is 2. The lowest BCUT2D eigenvalue weighted by Crippen LogP contribution is -2.50. The Morgan fingerprint density at radius 2 is 1.75 bits per heavy atom. The number of phenolic OH excluding ortho intramolecular Hbond substituents is 1. The van der Waals surface area contributed by atoms with Crippen LogP contribution in [0.5, 0.6) is 5.75 Å². The van der Waals surface area contributed by atoms with Gasteiger partial charge in [-0.3, -0.25) is 9.59 Å². The average Bonchev–Trinajstić information content (AvgIpc) is 2.71. The van der Waals surface area contributed by atoms with Crippen LogP contribution in [0, 0.1) is 11.3 Å². The fraction of sp³-hybridized carbons (Fsp3) is 0.280. The number of aromatic hydroxyl groups is 1. The molecule has 0 saturated carbocycles. The van der Waals surface area contributed by atoms with E-state index in [0.717, 1.165) is 21.9 Å². The van der Waals surface area contributed by atoms with Crippen molar-refractivity contribution >= 4 is 22.3 Å². The molecule has 0 fully saturated rings. The van der Waals surface area contributed by atoms with E-state index in [1.807, 2.05) is 43.3 Å². The summed E-state index contributed by atoms with van der Waals surface area (Å²) in [4.78, 5) is 26.7. The zero-order valence-electron chi connectivity index (χ0n) is 16.5. The van der Waals surface area contributed by atoms with Gasteiger partial charge in [0, 0.05) is 17.2 Å². The highest BCUT2D eigenvalue weighted by Crippen LogP contribution is 2.57. The molecule has 0 spiro atoms. The van der Waals surface area contributed by atoms with Crippen molar-refractivity contribution in [2.45, 2.75) is 33.1 Å². The van der Waals surface area contributed by atoms with Crippen LogP contribution in [0.15, 0.2) is 71.8 Å². The molecular weight excluding hydrogens is 348 g/mol. The fourth-order valence-electron chi connectivity index (χ4n) is 5.12. The number of fused-ring (bicyclic) bond motifs is 2. The maximum Gasteiger partial charge on any atom is 0.166 e. The molecule has 0 bridgehead atoms. The van der Waals surface area contributed by atoms with Gasteiger partial charge < -0.3 is 5.11 Å². The van der Waals surface area contributed by atoms with E-state index in [1.165, 1.54) is 0 Å². The van der Waals surface area contributed by atoms with Gasteiger partial charge in [-0.2, -0.15) is 0 Å². The molecule has 0 radical (unpaired) electrons. The number of benzene rings is 2. The van der Waals surface area contributed by atoms with E-state index < -0.39 is 5.41 Å². The minimum atomic E-state index is -0.876. The summed E-state index contributed by atoms with van der Waals surface area (Å²) in [6.45, 7) is 9.42. The summed E-state index contributed by atoms with van der Waals surface area (Å²) in [5, 5.41) is 12.0. The number of allylic oxidation sites excluding steroid dienone is 5. The predicted octanol–water partition coefficient (Wildman–Crippen LogP) is 5.26. The molecular formula is C25H24O3. The summed E-state index contributed by atoms with van der Waals surface area (Å²) in [7, 11) is 0. The number of phenols is 1. The van der Waals surface area contributed by atoms with Crippen molar-refractivity contribution in [1.29, 1.82) is 0 Å². The molecule has 2 aromatic rings. The first-order chi connectivity index (χ1) is 13.3. The molecule has 0 aromatic heterocycles. The van der Waals surface area contributed by atoms with Crippen LogP contribution in [0.1, 0.15) is 38.7 Å². The number of ketones is 2. The second-order valence-corrected chi connectivity index (χ2v) is 8.08. The second kappa shape index (κ2) is 6.30. The van der Waals surface area contributed by atoms with Crippen molar-refractivity contribution in [2.24, 2.45) is 11.3 Å². The molecule has 142 valence electrons. The van der Waals surface area contributed by atoms with Crippen LogP contribution in [-0.2, 0) is 9.59 Å². The number of hydrogen-bond acceptors (Lipinski definition) is 3. The Labute approximate surface area is 165 Å². The summed E-state index contributed by atoms with van der Waals surface area (Å²) in [5.41, 5.74) is 2.17. The van der Waals surface area contributed by atoms with Gasteiger partial charge in [0.1, 0.15) is 5.75 Å². The van der Waals surface area contributed by atoms with Crippen LogP contribution in [0.4, 0.5) is 0 Å². The Balaban J connectivity index is 2.05. The van der Waals surface area contributed by atoms with Gasteiger partial charge in [-0.25, -0.2) is 0 Å². The van der Waals surface area contributed by atoms with E-state index in [4.69, 9.17) is 0 Å². The van der Waals surface area contributed by atoms with Crippen LogP contribution in [0.2, 0.25) is 0 Å². The summed E-state index contributed by atoms with van der Waals surface area (Å²) < 4.78 is 0. The van der Waals surface area contributed by atoms with Gasteiger partial charge in [0.25, 0.3) is 0 Å². The molecule has 2 aromatic carbocycles. The van der Waals surface area contributed by atoms with Crippen molar-refractivity contribution in [3.8, 4) is 5.75 Å². The zero-order valence-corrected chi connectivity index (χ0v) is 16.5. The van der Waals surface area contributed by atoms with Gasteiger partial charge in [-0.15, -0.1) is 0 Å². The monoisotopic (exact) mass is 372 g/mol. The highest BCUT2D eigenvalue weighted by atomic mass is 16.3. The van der Waals surface area contributed by atoms with Crippen LogP contribution in [0.25, 0.3) is 10.8 Å². The van der Waals surface area contributed by atoms with Gasteiger partial charge in [-0.05, 0) is 54.0 Å². The van der Waals surface area contributed by atoms with E-state index in [-0.39, 0.29) is 29.2 Å². The number of rotatable bonds is 2. The largest absolute Gasteiger partial charge is 0.507 e. The quantitative estimate of drug-likeness (QED) is 0.783. The standard InChI is InChI=1S/C25H24O3/c1-5-16-10-12-20-23(27)14(2)15(3)24(28)25(20,4)22(16)19-11-13-21(26)18-9-7-6-8-17(18)19/h5-11,13,20,22,26H,1,12H2,2-4H3/t20-,22+,25+/m0/s1. The highest BCUT2D eigenvalue weighted by Gasteiger charge is 2.56. The first kappa shape index (κ1) is 18.4. The van der Waals surface area contributed by atoms with E-state index in [0.29, 0.717) is 17.6 Å². The third-order valence-electron chi connectivity index (χ3n) is 6.81. The first-order valence-electron chi connectivity index (χ1n) is 9.62. The van der Waals surface area contributed by atoms with Crippen molar-refractivity contribution < 1.29 is 14.7 Å². The molecule has 0 unspecified atom stereocenters. The molecule has 0 aliphatic heterocycles. The Kier molecular flexibility index (Phi) is 4.15. The van der Waals surface area contributed by atoms with Gasteiger partial charge in [0.05, 0.1) is 5.41 Å². The maximum atomic E-state index is 13.6. The molecule has 28 heavy (non-hydrogen) atoms. The molecule has 0 heterocycles. The molecule has 2 aliphatic rings. The molecule has 3 heteroatoms. The first-order valence-corrected chi connectivity index (χ1v) is 9.62.